The molecule has 0 aliphatic rings. The SMILES string of the molecule is CC.CC.Cc1cccc(Br)c1Br. The van der Waals surface area contributed by atoms with Gasteiger partial charge in [0.05, 0.1) is 0 Å². The van der Waals surface area contributed by atoms with Gasteiger partial charge in [-0.2, -0.15) is 0 Å². The van der Waals surface area contributed by atoms with Crippen LogP contribution in [0.3, 0.4) is 0 Å². The molecule has 0 saturated heterocycles. The normalized spacial score (nSPS) is 7.62. The lowest BCUT2D eigenvalue weighted by atomic mass is 10.2. The van der Waals surface area contributed by atoms with Crippen molar-refractivity contribution in [3.8, 4) is 0 Å². The third-order valence-electron chi connectivity index (χ3n) is 1.14. The molecule has 0 N–H and O–H groups in total. The van der Waals surface area contributed by atoms with Gasteiger partial charge in [0.25, 0.3) is 0 Å². The molecule has 1 aromatic carbocycles. The van der Waals surface area contributed by atoms with Crippen LogP contribution in [0.4, 0.5) is 0 Å². The van der Waals surface area contributed by atoms with E-state index in [0.29, 0.717) is 0 Å². The predicted molar refractivity (Wildman–Crippen MR) is 69.3 cm³/mol. The van der Waals surface area contributed by atoms with Gasteiger partial charge in [-0.05, 0) is 50.4 Å². The van der Waals surface area contributed by atoms with Crippen molar-refractivity contribution < 1.29 is 0 Å². The topological polar surface area (TPSA) is 0 Å². The molecule has 0 nitrogen and oxygen atoms in total. The van der Waals surface area contributed by atoms with Crippen LogP contribution in [0.25, 0.3) is 0 Å². The molecule has 0 fully saturated rings. The van der Waals surface area contributed by atoms with E-state index in [1.165, 1.54) is 5.56 Å². The van der Waals surface area contributed by atoms with E-state index in [4.69, 9.17) is 0 Å². The fourth-order valence-electron chi connectivity index (χ4n) is 0.612. The zero-order valence-electron chi connectivity index (χ0n) is 8.99. The summed E-state index contributed by atoms with van der Waals surface area (Å²) in [5.74, 6) is 0. The van der Waals surface area contributed by atoms with Gasteiger partial charge in [0.1, 0.15) is 0 Å². The fraction of sp³-hybridized carbons (Fsp3) is 0.455. The van der Waals surface area contributed by atoms with Crippen LogP contribution in [-0.2, 0) is 0 Å². The Morgan fingerprint density at radius 3 is 1.69 bits per heavy atom. The van der Waals surface area contributed by atoms with E-state index < -0.39 is 0 Å². The molecule has 1 rings (SSSR count). The Kier molecular flexibility index (Phi) is 12.3. The molecule has 0 bridgehead atoms. The Balaban J connectivity index is 0. The van der Waals surface area contributed by atoms with Crippen molar-refractivity contribution in [1.82, 2.24) is 0 Å². The number of rotatable bonds is 0. The molecule has 0 aliphatic carbocycles. The highest BCUT2D eigenvalue weighted by molar-refractivity contribution is 9.13. The van der Waals surface area contributed by atoms with Crippen LogP contribution in [-0.4, -0.2) is 0 Å². The second-order valence-corrected chi connectivity index (χ2v) is 3.52. The highest BCUT2D eigenvalue weighted by Crippen LogP contribution is 2.25. The first-order chi connectivity index (χ1) is 6.22. The average molecular weight is 310 g/mol. The third-order valence-corrected chi connectivity index (χ3v) is 3.39. The molecule has 0 heterocycles. The van der Waals surface area contributed by atoms with Crippen LogP contribution >= 0.6 is 31.9 Å². The summed E-state index contributed by atoms with van der Waals surface area (Å²) in [6.45, 7) is 10.1. The van der Waals surface area contributed by atoms with E-state index in [1.54, 1.807) is 0 Å². The Hall–Kier alpha value is 0.180. The van der Waals surface area contributed by atoms with Gasteiger partial charge in [0, 0.05) is 8.95 Å². The molecule has 76 valence electrons. The smallest absolute Gasteiger partial charge is 0.0346 e. The van der Waals surface area contributed by atoms with Crippen LogP contribution in [0.2, 0.25) is 0 Å². The Bertz CT molecular complexity index is 199. The van der Waals surface area contributed by atoms with E-state index in [-0.39, 0.29) is 0 Å². The number of hydrogen-bond donors (Lipinski definition) is 0. The molecule has 2 heteroatoms. The number of benzene rings is 1. The predicted octanol–water partition coefficient (Wildman–Crippen LogP) is 5.57. The van der Waals surface area contributed by atoms with Crippen molar-refractivity contribution in [1.29, 1.82) is 0 Å². The van der Waals surface area contributed by atoms with Crippen molar-refractivity contribution in [2.24, 2.45) is 0 Å². The molecule has 1 aromatic rings. The molecule has 13 heavy (non-hydrogen) atoms. The molecule has 0 unspecified atom stereocenters. The maximum atomic E-state index is 3.43. The standard InChI is InChI=1S/C7H6Br2.2C2H6/c1-5-3-2-4-6(8)7(5)9;2*1-2/h2-4H,1H3;2*1-2H3. The fourth-order valence-corrected chi connectivity index (χ4v) is 1.34. The summed E-state index contributed by atoms with van der Waals surface area (Å²) in [4.78, 5) is 0. The molecule has 0 spiro atoms. The number of halogens is 2. The zero-order chi connectivity index (χ0) is 10.9. The van der Waals surface area contributed by atoms with Crippen molar-refractivity contribution in [2.45, 2.75) is 34.6 Å². The van der Waals surface area contributed by atoms with Gasteiger partial charge < -0.3 is 0 Å². The van der Waals surface area contributed by atoms with Crippen molar-refractivity contribution in [3.05, 3.63) is 32.7 Å². The molecule has 0 amide bonds. The van der Waals surface area contributed by atoms with Crippen molar-refractivity contribution >= 4 is 31.9 Å². The van der Waals surface area contributed by atoms with E-state index in [1.807, 2.05) is 39.8 Å². The summed E-state index contributed by atoms with van der Waals surface area (Å²) in [6, 6.07) is 6.09. The highest BCUT2D eigenvalue weighted by Gasteiger charge is 1.95. The molecule has 0 aromatic heterocycles. The van der Waals surface area contributed by atoms with E-state index >= 15 is 0 Å². The molecule has 0 saturated carbocycles. The largest absolute Gasteiger partial charge is 0.0683 e. The zero-order valence-corrected chi connectivity index (χ0v) is 12.2. The summed E-state index contributed by atoms with van der Waals surface area (Å²) >= 11 is 6.83. The van der Waals surface area contributed by atoms with Gasteiger partial charge in [-0.25, -0.2) is 0 Å². The summed E-state index contributed by atoms with van der Waals surface area (Å²) in [6.07, 6.45) is 0. The quantitative estimate of drug-likeness (QED) is 0.587. The summed E-state index contributed by atoms with van der Waals surface area (Å²) < 4.78 is 2.26. The van der Waals surface area contributed by atoms with Gasteiger partial charge in [0.15, 0.2) is 0 Å². The second kappa shape index (κ2) is 10.3. The highest BCUT2D eigenvalue weighted by atomic mass is 79.9. The molecular weight excluding hydrogens is 292 g/mol. The van der Waals surface area contributed by atoms with Gasteiger partial charge >= 0.3 is 0 Å². The molecule has 0 atom stereocenters. The van der Waals surface area contributed by atoms with Crippen LogP contribution in [0.15, 0.2) is 27.1 Å². The lowest BCUT2D eigenvalue weighted by molar-refractivity contribution is 1.41. The Labute approximate surface area is 99.0 Å². The third kappa shape index (κ3) is 6.28. The maximum absolute atomic E-state index is 3.43. The summed E-state index contributed by atoms with van der Waals surface area (Å²) in [7, 11) is 0. The van der Waals surface area contributed by atoms with Crippen molar-refractivity contribution in [3.63, 3.8) is 0 Å². The van der Waals surface area contributed by atoms with E-state index in [2.05, 4.69) is 44.8 Å². The van der Waals surface area contributed by atoms with Gasteiger partial charge in [0.2, 0.25) is 0 Å². The minimum Gasteiger partial charge on any atom is -0.0683 e. The van der Waals surface area contributed by atoms with Gasteiger partial charge in [-0.3, -0.25) is 0 Å². The first kappa shape index (κ1) is 15.6. The Morgan fingerprint density at radius 1 is 0.923 bits per heavy atom. The van der Waals surface area contributed by atoms with E-state index in [9.17, 15) is 0 Å². The van der Waals surface area contributed by atoms with Crippen molar-refractivity contribution in [2.75, 3.05) is 0 Å². The average Bonchev–Trinajstić information content (AvgIpc) is 2.20. The number of aryl methyl sites for hydroxylation is 1. The minimum atomic E-state index is 1.11. The first-order valence-corrected chi connectivity index (χ1v) is 6.21. The molecule has 0 radical (unpaired) electrons. The lowest BCUT2D eigenvalue weighted by Gasteiger charge is -1.97. The van der Waals surface area contributed by atoms with Crippen LogP contribution in [0, 0.1) is 6.92 Å². The van der Waals surface area contributed by atoms with Crippen LogP contribution in [0.5, 0.6) is 0 Å². The van der Waals surface area contributed by atoms with Crippen LogP contribution in [0.1, 0.15) is 33.3 Å². The van der Waals surface area contributed by atoms with Crippen LogP contribution < -0.4 is 0 Å². The number of hydrogen-bond acceptors (Lipinski definition) is 0. The van der Waals surface area contributed by atoms with Gasteiger partial charge in [-0.1, -0.05) is 39.8 Å². The van der Waals surface area contributed by atoms with E-state index in [0.717, 1.165) is 8.95 Å². The lowest BCUT2D eigenvalue weighted by Crippen LogP contribution is -1.73. The molecule has 0 aliphatic heterocycles. The Morgan fingerprint density at radius 2 is 1.38 bits per heavy atom. The first-order valence-electron chi connectivity index (χ1n) is 4.62. The summed E-state index contributed by atoms with van der Waals surface area (Å²) in [5, 5.41) is 0. The summed E-state index contributed by atoms with van der Waals surface area (Å²) in [5.41, 5.74) is 1.25. The maximum Gasteiger partial charge on any atom is 0.0346 e. The monoisotopic (exact) mass is 308 g/mol. The van der Waals surface area contributed by atoms with Gasteiger partial charge in [-0.15, -0.1) is 0 Å². The second-order valence-electron chi connectivity index (χ2n) is 1.87. The minimum absolute atomic E-state index is 1.11. The molecular formula is C11H18Br2.